The van der Waals surface area contributed by atoms with Crippen LogP contribution in [0.5, 0.6) is 0 Å². The number of aromatic nitrogens is 2. The highest BCUT2D eigenvalue weighted by Gasteiger charge is 2.31. The Bertz CT molecular complexity index is 748. The summed E-state index contributed by atoms with van der Waals surface area (Å²) in [5.41, 5.74) is -0.627. The number of rotatable bonds is 3. The van der Waals surface area contributed by atoms with Crippen molar-refractivity contribution in [2.45, 2.75) is 26.3 Å². The van der Waals surface area contributed by atoms with Gasteiger partial charge in [-0.15, -0.1) is 0 Å². The average molecular weight is 350 g/mol. The Morgan fingerprint density at radius 3 is 2.64 bits per heavy atom. The van der Waals surface area contributed by atoms with Crippen LogP contribution in [0.3, 0.4) is 0 Å². The fraction of sp³-hybridized carbons (Fsp3) is 0.706. The molecule has 2 fully saturated rings. The van der Waals surface area contributed by atoms with Crippen LogP contribution in [0.4, 0.5) is 5.82 Å². The lowest BCUT2D eigenvalue weighted by Crippen LogP contribution is -2.50. The van der Waals surface area contributed by atoms with Crippen LogP contribution in [0.25, 0.3) is 0 Å². The van der Waals surface area contributed by atoms with Crippen LogP contribution in [-0.2, 0) is 23.1 Å². The number of anilines is 1. The molecule has 0 saturated carbocycles. The number of carbonyl (C=O) groups excluding carboxylic acids is 1. The minimum atomic E-state index is -0.314. The molecule has 25 heavy (non-hydrogen) atoms. The molecular weight excluding hydrogens is 324 g/mol. The lowest BCUT2D eigenvalue weighted by Gasteiger charge is -2.37. The number of ether oxygens (including phenoxy) is 1. The maximum atomic E-state index is 12.8. The SMILES string of the molecule is CCn1c(N2CCC[C@@H](C(=O)N3CCOCC3)C2)cc(=O)n(C)c1=O. The van der Waals surface area contributed by atoms with Gasteiger partial charge in [-0.05, 0) is 19.8 Å². The summed E-state index contributed by atoms with van der Waals surface area (Å²) < 4.78 is 8.03. The smallest absolute Gasteiger partial charge is 0.332 e. The van der Waals surface area contributed by atoms with Gasteiger partial charge in [0.25, 0.3) is 5.56 Å². The molecule has 0 unspecified atom stereocenters. The van der Waals surface area contributed by atoms with Crippen molar-refractivity contribution in [3.63, 3.8) is 0 Å². The second-order valence-electron chi connectivity index (χ2n) is 6.65. The van der Waals surface area contributed by atoms with Gasteiger partial charge < -0.3 is 14.5 Å². The molecule has 0 aliphatic carbocycles. The maximum Gasteiger partial charge on any atom is 0.332 e. The summed E-state index contributed by atoms with van der Waals surface area (Å²) >= 11 is 0. The quantitative estimate of drug-likeness (QED) is 0.744. The fourth-order valence-electron chi connectivity index (χ4n) is 3.65. The molecule has 138 valence electrons. The van der Waals surface area contributed by atoms with Gasteiger partial charge in [0.2, 0.25) is 5.91 Å². The van der Waals surface area contributed by atoms with Crippen LogP contribution in [0.15, 0.2) is 15.7 Å². The van der Waals surface area contributed by atoms with E-state index in [2.05, 4.69) is 0 Å². The zero-order valence-corrected chi connectivity index (χ0v) is 14.9. The van der Waals surface area contributed by atoms with E-state index in [4.69, 9.17) is 4.74 Å². The first-order valence-corrected chi connectivity index (χ1v) is 8.95. The van der Waals surface area contributed by atoms with Gasteiger partial charge in [0.1, 0.15) is 5.82 Å². The van der Waals surface area contributed by atoms with Crippen molar-refractivity contribution in [3.05, 3.63) is 26.9 Å². The molecule has 0 radical (unpaired) electrons. The van der Waals surface area contributed by atoms with Crippen LogP contribution < -0.4 is 16.1 Å². The Kier molecular flexibility index (Phi) is 5.27. The summed E-state index contributed by atoms with van der Waals surface area (Å²) in [5, 5.41) is 0. The molecule has 0 spiro atoms. The van der Waals surface area contributed by atoms with Gasteiger partial charge in [-0.2, -0.15) is 0 Å². The Labute approximate surface area is 146 Å². The highest BCUT2D eigenvalue weighted by molar-refractivity contribution is 5.79. The number of morpholine rings is 1. The summed E-state index contributed by atoms with van der Waals surface area (Å²) in [6.45, 7) is 6.12. The van der Waals surface area contributed by atoms with Crippen molar-refractivity contribution in [1.82, 2.24) is 14.0 Å². The molecule has 1 amide bonds. The van der Waals surface area contributed by atoms with Crippen molar-refractivity contribution in [1.29, 1.82) is 0 Å². The predicted molar refractivity (Wildman–Crippen MR) is 94.0 cm³/mol. The van der Waals surface area contributed by atoms with E-state index in [-0.39, 0.29) is 23.1 Å². The zero-order chi connectivity index (χ0) is 18.0. The summed E-state index contributed by atoms with van der Waals surface area (Å²) in [5.74, 6) is 0.675. The second kappa shape index (κ2) is 7.43. The van der Waals surface area contributed by atoms with E-state index in [0.29, 0.717) is 45.2 Å². The number of piperidine rings is 1. The minimum Gasteiger partial charge on any atom is -0.378 e. The third-order valence-electron chi connectivity index (χ3n) is 5.11. The Morgan fingerprint density at radius 2 is 1.96 bits per heavy atom. The number of carbonyl (C=O) groups is 1. The summed E-state index contributed by atoms with van der Waals surface area (Å²) in [7, 11) is 1.49. The topological polar surface area (TPSA) is 76.8 Å². The van der Waals surface area contributed by atoms with Crippen molar-refractivity contribution in [3.8, 4) is 0 Å². The van der Waals surface area contributed by atoms with Crippen LogP contribution >= 0.6 is 0 Å². The highest BCUT2D eigenvalue weighted by atomic mass is 16.5. The van der Waals surface area contributed by atoms with Gasteiger partial charge >= 0.3 is 5.69 Å². The molecule has 1 atom stereocenters. The molecule has 3 rings (SSSR count). The monoisotopic (exact) mass is 350 g/mol. The first-order valence-electron chi connectivity index (χ1n) is 8.95. The molecule has 1 aromatic rings. The zero-order valence-electron chi connectivity index (χ0n) is 14.9. The van der Waals surface area contributed by atoms with Gasteiger partial charge in [-0.3, -0.25) is 18.7 Å². The van der Waals surface area contributed by atoms with E-state index < -0.39 is 0 Å². The van der Waals surface area contributed by atoms with Crippen LogP contribution in [0, 0.1) is 5.92 Å². The number of hydrogen-bond donors (Lipinski definition) is 0. The second-order valence-corrected chi connectivity index (χ2v) is 6.65. The van der Waals surface area contributed by atoms with E-state index in [1.807, 2.05) is 16.7 Å². The van der Waals surface area contributed by atoms with Gasteiger partial charge in [-0.1, -0.05) is 0 Å². The van der Waals surface area contributed by atoms with E-state index in [0.717, 1.165) is 24.0 Å². The molecule has 1 aromatic heterocycles. The third-order valence-corrected chi connectivity index (χ3v) is 5.11. The summed E-state index contributed by atoms with van der Waals surface area (Å²) in [6, 6.07) is 1.51. The van der Waals surface area contributed by atoms with E-state index in [1.54, 1.807) is 4.57 Å². The van der Waals surface area contributed by atoms with Crippen molar-refractivity contribution < 1.29 is 9.53 Å². The van der Waals surface area contributed by atoms with Crippen LogP contribution in [0.2, 0.25) is 0 Å². The van der Waals surface area contributed by atoms with E-state index in [9.17, 15) is 14.4 Å². The first kappa shape index (κ1) is 17.7. The van der Waals surface area contributed by atoms with E-state index >= 15 is 0 Å². The molecule has 2 aliphatic rings. The Hall–Kier alpha value is -2.09. The average Bonchev–Trinajstić information content (AvgIpc) is 2.66. The largest absolute Gasteiger partial charge is 0.378 e. The molecule has 8 heteroatoms. The van der Waals surface area contributed by atoms with Gasteiger partial charge in [0, 0.05) is 45.8 Å². The number of nitrogens with zero attached hydrogens (tertiary/aromatic N) is 4. The van der Waals surface area contributed by atoms with Crippen molar-refractivity contribution >= 4 is 11.7 Å². The van der Waals surface area contributed by atoms with Crippen molar-refractivity contribution in [2.75, 3.05) is 44.3 Å². The lowest BCUT2D eigenvalue weighted by atomic mass is 9.96. The van der Waals surface area contributed by atoms with Crippen LogP contribution in [0.1, 0.15) is 19.8 Å². The highest BCUT2D eigenvalue weighted by Crippen LogP contribution is 2.23. The molecule has 0 bridgehead atoms. The molecule has 2 saturated heterocycles. The normalized spacial score (nSPS) is 21.4. The maximum absolute atomic E-state index is 12.8. The summed E-state index contributed by atoms with van der Waals surface area (Å²) in [6.07, 6.45) is 1.71. The molecule has 0 aromatic carbocycles. The summed E-state index contributed by atoms with van der Waals surface area (Å²) in [4.78, 5) is 41.1. The van der Waals surface area contributed by atoms with E-state index in [1.165, 1.54) is 13.1 Å². The Morgan fingerprint density at radius 1 is 1.24 bits per heavy atom. The molecule has 3 heterocycles. The molecule has 2 aliphatic heterocycles. The predicted octanol–water partition coefficient (Wildman–Crippen LogP) is -0.358. The molecule has 8 nitrogen and oxygen atoms in total. The first-order chi connectivity index (χ1) is 12.0. The standard InChI is InChI=1S/C17H26N4O4/c1-3-21-14(11-15(22)18(2)17(21)24)20-6-4-5-13(12-20)16(23)19-7-9-25-10-8-19/h11,13H,3-10,12H2,1-2H3/t13-/m1/s1. The molecular formula is C17H26N4O4. The number of hydrogen-bond acceptors (Lipinski definition) is 5. The van der Waals surface area contributed by atoms with Gasteiger partial charge in [0.05, 0.1) is 19.1 Å². The van der Waals surface area contributed by atoms with Gasteiger partial charge in [0.15, 0.2) is 0 Å². The lowest BCUT2D eigenvalue weighted by molar-refractivity contribution is -0.139. The minimum absolute atomic E-state index is 0.101. The third kappa shape index (κ3) is 3.49. The van der Waals surface area contributed by atoms with Gasteiger partial charge in [-0.25, -0.2) is 4.79 Å². The fourth-order valence-corrected chi connectivity index (χ4v) is 3.65. The number of amides is 1. The van der Waals surface area contributed by atoms with Crippen LogP contribution in [-0.4, -0.2) is 59.3 Å². The van der Waals surface area contributed by atoms with Crippen molar-refractivity contribution in [2.24, 2.45) is 13.0 Å². The Balaban J connectivity index is 1.83. The molecule has 0 N–H and O–H groups in total.